The molecule has 28 heavy (non-hydrogen) atoms. The van der Waals surface area contributed by atoms with Crippen molar-refractivity contribution in [1.29, 1.82) is 0 Å². The zero-order valence-corrected chi connectivity index (χ0v) is 15.4. The Hall–Kier alpha value is -3.68. The molecule has 8 nitrogen and oxygen atoms in total. The number of benzene rings is 1. The number of fused-ring (bicyclic) bond motifs is 1. The van der Waals surface area contributed by atoms with Crippen molar-refractivity contribution in [3.05, 3.63) is 54.4 Å². The summed E-state index contributed by atoms with van der Waals surface area (Å²) in [6.07, 6.45) is 5.27. The Morgan fingerprint density at radius 1 is 1.25 bits per heavy atom. The van der Waals surface area contributed by atoms with Crippen LogP contribution < -0.4 is 11.1 Å². The maximum atomic E-state index is 12.3. The lowest BCUT2D eigenvalue weighted by molar-refractivity contribution is 0.0953. The molecular weight excluding hydrogens is 356 g/mol. The molecule has 1 aromatic carbocycles. The number of carbonyl (C=O) groups excluding carboxylic acids is 1. The van der Waals surface area contributed by atoms with Crippen LogP contribution in [0.15, 0.2) is 53.3 Å². The van der Waals surface area contributed by atoms with Gasteiger partial charge in [-0.3, -0.25) is 4.79 Å². The van der Waals surface area contributed by atoms with Crippen LogP contribution >= 0.6 is 0 Å². The lowest BCUT2D eigenvalue weighted by Crippen LogP contribution is -2.24. The van der Waals surface area contributed by atoms with Crippen LogP contribution in [-0.4, -0.2) is 32.0 Å². The van der Waals surface area contributed by atoms with Crippen LogP contribution in [0.25, 0.3) is 28.5 Å². The number of hydrogen-bond donors (Lipinski definition) is 2. The predicted octanol–water partition coefficient (Wildman–Crippen LogP) is 3.16. The lowest BCUT2D eigenvalue weighted by atomic mass is 10.1. The fraction of sp³-hybridized carbons (Fsp3) is 0.200. The first-order chi connectivity index (χ1) is 13.7. The molecule has 4 aromatic rings. The van der Waals surface area contributed by atoms with Crippen molar-refractivity contribution >= 4 is 17.4 Å². The van der Waals surface area contributed by atoms with E-state index in [1.807, 2.05) is 12.1 Å². The van der Waals surface area contributed by atoms with Gasteiger partial charge < -0.3 is 15.5 Å². The monoisotopic (exact) mass is 376 g/mol. The Balaban J connectivity index is 1.67. The Labute approximate surface area is 161 Å². The van der Waals surface area contributed by atoms with Crippen molar-refractivity contribution in [1.82, 2.24) is 24.9 Å². The number of nitrogen functional groups attached to an aromatic ring is 1. The first-order valence-corrected chi connectivity index (χ1v) is 9.11. The number of hydrogen-bond acceptors (Lipinski definition) is 6. The third-order valence-electron chi connectivity index (χ3n) is 4.32. The molecule has 0 unspecified atom stereocenters. The van der Waals surface area contributed by atoms with E-state index in [1.54, 1.807) is 41.2 Å². The van der Waals surface area contributed by atoms with E-state index in [0.29, 0.717) is 35.0 Å². The fourth-order valence-corrected chi connectivity index (χ4v) is 2.86. The first kappa shape index (κ1) is 17.7. The number of nitrogens with zero attached hydrogens (tertiary/aromatic N) is 4. The number of unbranched alkanes of at least 4 members (excludes halogenated alkanes) is 1. The smallest absolute Gasteiger partial charge is 0.251 e. The second kappa shape index (κ2) is 7.51. The summed E-state index contributed by atoms with van der Waals surface area (Å²) >= 11 is 0. The van der Waals surface area contributed by atoms with Gasteiger partial charge in [-0.1, -0.05) is 25.5 Å². The Morgan fingerprint density at radius 3 is 2.93 bits per heavy atom. The molecule has 142 valence electrons. The van der Waals surface area contributed by atoms with E-state index in [4.69, 9.17) is 10.2 Å². The van der Waals surface area contributed by atoms with Gasteiger partial charge in [0.15, 0.2) is 17.2 Å². The van der Waals surface area contributed by atoms with Crippen molar-refractivity contribution in [3.63, 3.8) is 0 Å². The largest absolute Gasteiger partial charge is 0.461 e. The molecule has 0 bridgehead atoms. The normalized spacial score (nSPS) is 11.0. The van der Waals surface area contributed by atoms with E-state index in [0.717, 1.165) is 18.4 Å². The molecule has 0 fully saturated rings. The molecule has 3 heterocycles. The van der Waals surface area contributed by atoms with Crippen LogP contribution in [0.4, 0.5) is 5.82 Å². The van der Waals surface area contributed by atoms with Crippen LogP contribution in [0.5, 0.6) is 0 Å². The molecule has 0 saturated heterocycles. The van der Waals surface area contributed by atoms with Crippen molar-refractivity contribution in [2.45, 2.75) is 19.8 Å². The molecule has 3 aromatic heterocycles. The van der Waals surface area contributed by atoms with E-state index in [9.17, 15) is 4.79 Å². The third kappa shape index (κ3) is 3.44. The quantitative estimate of drug-likeness (QED) is 0.500. The third-order valence-corrected chi connectivity index (χ3v) is 4.32. The van der Waals surface area contributed by atoms with Crippen molar-refractivity contribution in [2.24, 2.45) is 0 Å². The SMILES string of the molecule is CCCCNC(=O)c1cccc(-c2cn3nc(-c4ccco4)nc3c(N)n2)c1. The molecule has 1 amide bonds. The summed E-state index contributed by atoms with van der Waals surface area (Å²) in [7, 11) is 0. The summed E-state index contributed by atoms with van der Waals surface area (Å²) in [6.45, 7) is 2.74. The summed E-state index contributed by atoms with van der Waals surface area (Å²) in [5, 5.41) is 7.34. The number of rotatable bonds is 6. The second-order valence-corrected chi connectivity index (χ2v) is 6.38. The molecule has 3 N–H and O–H groups in total. The number of furan rings is 1. The summed E-state index contributed by atoms with van der Waals surface area (Å²) in [5.41, 5.74) is 8.49. The molecule has 4 rings (SSSR count). The fourth-order valence-electron chi connectivity index (χ4n) is 2.86. The van der Waals surface area contributed by atoms with Crippen molar-refractivity contribution in [3.8, 4) is 22.8 Å². The molecule has 0 aliphatic heterocycles. The first-order valence-electron chi connectivity index (χ1n) is 9.11. The highest BCUT2D eigenvalue weighted by atomic mass is 16.3. The van der Waals surface area contributed by atoms with E-state index in [1.165, 1.54) is 0 Å². The highest BCUT2D eigenvalue weighted by molar-refractivity contribution is 5.95. The summed E-state index contributed by atoms with van der Waals surface area (Å²) in [5.74, 6) is 1.13. The van der Waals surface area contributed by atoms with Crippen molar-refractivity contribution < 1.29 is 9.21 Å². The lowest BCUT2D eigenvalue weighted by Gasteiger charge is -2.07. The average molecular weight is 376 g/mol. The standard InChI is InChI=1S/C20H20N6O2/c1-2-3-9-22-20(27)14-7-4-6-13(11-14)15-12-26-19(17(21)23-15)24-18(25-26)16-8-5-10-28-16/h4-8,10-12H,2-3,9H2,1H3,(H2,21,23)(H,22,27). The molecule has 0 radical (unpaired) electrons. The maximum absolute atomic E-state index is 12.3. The average Bonchev–Trinajstić information content (AvgIpc) is 3.38. The van der Waals surface area contributed by atoms with Gasteiger partial charge in [0.1, 0.15) is 0 Å². The Kier molecular flexibility index (Phi) is 4.76. The zero-order valence-electron chi connectivity index (χ0n) is 15.4. The minimum Gasteiger partial charge on any atom is -0.461 e. The molecule has 0 aliphatic rings. The number of nitrogens with two attached hydrogens (primary N) is 1. The van der Waals surface area contributed by atoms with Gasteiger partial charge in [0.25, 0.3) is 5.91 Å². The maximum Gasteiger partial charge on any atom is 0.251 e. The van der Waals surface area contributed by atoms with Crippen LogP contribution in [0.1, 0.15) is 30.1 Å². The van der Waals surface area contributed by atoms with Gasteiger partial charge in [0.05, 0.1) is 18.2 Å². The highest BCUT2D eigenvalue weighted by Crippen LogP contribution is 2.23. The number of aromatic nitrogens is 4. The molecule has 0 saturated carbocycles. The molecule has 0 atom stereocenters. The van der Waals surface area contributed by atoms with Crippen LogP contribution in [0, 0.1) is 0 Å². The van der Waals surface area contributed by atoms with E-state index in [-0.39, 0.29) is 11.7 Å². The van der Waals surface area contributed by atoms with Crippen LogP contribution in [0.3, 0.4) is 0 Å². The van der Waals surface area contributed by atoms with Gasteiger partial charge in [-0.25, -0.2) is 14.5 Å². The highest BCUT2D eigenvalue weighted by Gasteiger charge is 2.14. The van der Waals surface area contributed by atoms with Gasteiger partial charge in [-0.05, 0) is 30.7 Å². The van der Waals surface area contributed by atoms with Crippen LogP contribution in [0.2, 0.25) is 0 Å². The van der Waals surface area contributed by atoms with Gasteiger partial charge in [0.2, 0.25) is 5.82 Å². The topological polar surface area (TPSA) is 111 Å². The molecule has 0 aliphatic carbocycles. The number of anilines is 1. The minimum atomic E-state index is -0.106. The van der Waals surface area contributed by atoms with Gasteiger partial charge in [-0.15, -0.1) is 5.10 Å². The molecule has 0 spiro atoms. The number of carbonyl (C=O) groups is 1. The molecule has 8 heteroatoms. The molecular formula is C20H20N6O2. The van der Waals surface area contributed by atoms with Gasteiger partial charge in [0, 0.05) is 17.7 Å². The van der Waals surface area contributed by atoms with E-state index < -0.39 is 0 Å². The van der Waals surface area contributed by atoms with Crippen LogP contribution in [-0.2, 0) is 0 Å². The Morgan fingerprint density at radius 2 is 2.14 bits per heavy atom. The van der Waals surface area contributed by atoms with Gasteiger partial charge in [-0.2, -0.15) is 0 Å². The Bertz CT molecular complexity index is 1120. The summed E-state index contributed by atoms with van der Waals surface area (Å²) < 4.78 is 6.92. The second-order valence-electron chi connectivity index (χ2n) is 6.38. The number of nitrogens with one attached hydrogen (secondary N) is 1. The van der Waals surface area contributed by atoms with Crippen molar-refractivity contribution in [2.75, 3.05) is 12.3 Å². The zero-order chi connectivity index (χ0) is 19.5. The van der Waals surface area contributed by atoms with E-state index in [2.05, 4.69) is 27.3 Å². The number of amides is 1. The predicted molar refractivity (Wildman–Crippen MR) is 106 cm³/mol. The summed E-state index contributed by atoms with van der Waals surface area (Å²) in [6, 6.07) is 10.8. The van der Waals surface area contributed by atoms with E-state index >= 15 is 0 Å². The summed E-state index contributed by atoms with van der Waals surface area (Å²) in [4.78, 5) is 21.1. The van der Waals surface area contributed by atoms with Gasteiger partial charge >= 0.3 is 0 Å². The minimum absolute atomic E-state index is 0.106.